The van der Waals surface area contributed by atoms with E-state index in [1.165, 1.54) is 6.42 Å². The molecule has 1 aliphatic carbocycles. The standard InChI is InChI=1S/C13H17F3N2/c14-10-6-9(7-11(15)12(10)16)13(18-17)8-4-2-1-3-5-8/h6-8,13,18H,1-5,17H2. The van der Waals surface area contributed by atoms with Crippen molar-refractivity contribution in [3.05, 3.63) is 35.1 Å². The van der Waals surface area contributed by atoms with Crippen molar-refractivity contribution in [3.63, 3.8) is 0 Å². The van der Waals surface area contributed by atoms with Crippen LogP contribution in [0.4, 0.5) is 13.2 Å². The van der Waals surface area contributed by atoms with E-state index in [1.807, 2.05) is 0 Å². The minimum absolute atomic E-state index is 0.244. The van der Waals surface area contributed by atoms with E-state index in [2.05, 4.69) is 5.43 Å². The molecule has 1 aromatic rings. The smallest absolute Gasteiger partial charge is 0.194 e. The Kier molecular flexibility index (Phi) is 4.24. The number of benzene rings is 1. The second-order valence-corrected chi connectivity index (χ2v) is 4.84. The lowest BCUT2D eigenvalue weighted by atomic mass is 9.81. The summed E-state index contributed by atoms with van der Waals surface area (Å²) in [5, 5.41) is 0. The molecule has 0 spiro atoms. The molecule has 0 saturated heterocycles. The Hall–Kier alpha value is -1.07. The number of hydrazine groups is 1. The fraction of sp³-hybridized carbons (Fsp3) is 0.538. The molecule has 100 valence electrons. The summed E-state index contributed by atoms with van der Waals surface area (Å²) in [6, 6.07) is 1.73. The minimum Gasteiger partial charge on any atom is -0.271 e. The molecule has 3 N–H and O–H groups in total. The van der Waals surface area contributed by atoms with Gasteiger partial charge in [-0.05, 0) is 36.5 Å². The van der Waals surface area contributed by atoms with E-state index < -0.39 is 17.5 Å². The molecule has 18 heavy (non-hydrogen) atoms. The number of rotatable bonds is 3. The highest BCUT2D eigenvalue weighted by atomic mass is 19.2. The Morgan fingerprint density at radius 3 is 2.11 bits per heavy atom. The largest absolute Gasteiger partial charge is 0.271 e. The zero-order valence-electron chi connectivity index (χ0n) is 10.1. The van der Waals surface area contributed by atoms with E-state index in [1.54, 1.807) is 0 Å². The average molecular weight is 258 g/mol. The van der Waals surface area contributed by atoms with Gasteiger partial charge in [0.2, 0.25) is 0 Å². The minimum atomic E-state index is -1.43. The zero-order chi connectivity index (χ0) is 13.1. The van der Waals surface area contributed by atoms with E-state index in [4.69, 9.17) is 5.84 Å². The van der Waals surface area contributed by atoms with Crippen molar-refractivity contribution in [2.24, 2.45) is 11.8 Å². The summed E-state index contributed by atoms with van der Waals surface area (Å²) in [4.78, 5) is 0. The number of hydrogen-bond acceptors (Lipinski definition) is 2. The summed E-state index contributed by atoms with van der Waals surface area (Å²) in [6.45, 7) is 0. The van der Waals surface area contributed by atoms with Crippen molar-refractivity contribution in [1.82, 2.24) is 5.43 Å². The molecule has 0 heterocycles. The third-order valence-electron chi connectivity index (χ3n) is 3.67. The predicted octanol–water partition coefficient (Wildman–Crippen LogP) is 3.19. The van der Waals surface area contributed by atoms with Gasteiger partial charge in [0, 0.05) is 6.04 Å². The summed E-state index contributed by atoms with van der Waals surface area (Å²) >= 11 is 0. The van der Waals surface area contributed by atoms with Gasteiger partial charge in [-0.25, -0.2) is 13.2 Å². The number of nitrogens with one attached hydrogen (secondary N) is 1. The van der Waals surface area contributed by atoms with Crippen LogP contribution >= 0.6 is 0 Å². The van der Waals surface area contributed by atoms with Gasteiger partial charge in [-0.1, -0.05) is 19.3 Å². The number of hydrogen-bond donors (Lipinski definition) is 2. The second-order valence-electron chi connectivity index (χ2n) is 4.84. The van der Waals surface area contributed by atoms with E-state index in [0.717, 1.165) is 37.8 Å². The van der Waals surface area contributed by atoms with Crippen LogP contribution in [0.3, 0.4) is 0 Å². The first-order valence-electron chi connectivity index (χ1n) is 6.24. The number of halogens is 3. The van der Waals surface area contributed by atoms with E-state index in [9.17, 15) is 13.2 Å². The molecule has 1 fully saturated rings. The lowest BCUT2D eigenvalue weighted by Gasteiger charge is -2.30. The molecule has 1 aliphatic rings. The molecule has 2 rings (SSSR count). The molecule has 0 bridgehead atoms. The molecule has 2 nitrogen and oxygen atoms in total. The lowest BCUT2D eigenvalue weighted by Crippen LogP contribution is -2.34. The van der Waals surface area contributed by atoms with E-state index >= 15 is 0 Å². The van der Waals surface area contributed by atoms with E-state index in [0.29, 0.717) is 5.56 Å². The van der Waals surface area contributed by atoms with Crippen molar-refractivity contribution in [3.8, 4) is 0 Å². The molecule has 0 radical (unpaired) electrons. The summed E-state index contributed by atoms with van der Waals surface area (Å²) in [6.07, 6.45) is 5.30. The van der Waals surface area contributed by atoms with Crippen LogP contribution in [0.15, 0.2) is 12.1 Å². The van der Waals surface area contributed by atoms with Crippen LogP contribution in [-0.2, 0) is 0 Å². The van der Waals surface area contributed by atoms with Gasteiger partial charge in [-0.2, -0.15) is 0 Å². The van der Waals surface area contributed by atoms with Gasteiger partial charge in [0.25, 0.3) is 0 Å². The topological polar surface area (TPSA) is 38.0 Å². The molecular weight excluding hydrogens is 241 g/mol. The van der Waals surface area contributed by atoms with Gasteiger partial charge in [0.05, 0.1) is 0 Å². The first-order chi connectivity index (χ1) is 8.63. The van der Waals surface area contributed by atoms with Crippen molar-refractivity contribution < 1.29 is 13.2 Å². The Bertz CT molecular complexity index is 394. The highest BCUT2D eigenvalue weighted by molar-refractivity contribution is 5.23. The average Bonchev–Trinajstić information content (AvgIpc) is 2.38. The molecule has 1 unspecified atom stereocenters. The third kappa shape index (κ3) is 2.67. The van der Waals surface area contributed by atoms with Gasteiger partial charge in [-0.15, -0.1) is 0 Å². The fourth-order valence-corrected chi connectivity index (χ4v) is 2.73. The Labute approximate surface area is 104 Å². The molecular formula is C13H17F3N2. The maximum atomic E-state index is 13.2. The molecule has 1 atom stereocenters. The van der Waals surface area contributed by atoms with Crippen LogP contribution in [0, 0.1) is 23.4 Å². The second kappa shape index (κ2) is 5.71. The van der Waals surface area contributed by atoms with Gasteiger partial charge in [-0.3, -0.25) is 11.3 Å². The van der Waals surface area contributed by atoms with Crippen LogP contribution in [0.1, 0.15) is 43.7 Å². The summed E-state index contributed by atoms with van der Waals surface area (Å²) < 4.78 is 39.4. The molecule has 0 aliphatic heterocycles. The monoisotopic (exact) mass is 258 g/mol. The Balaban J connectivity index is 2.26. The highest BCUT2D eigenvalue weighted by Crippen LogP contribution is 2.34. The van der Waals surface area contributed by atoms with Crippen molar-refractivity contribution in [2.75, 3.05) is 0 Å². The van der Waals surface area contributed by atoms with Gasteiger partial charge < -0.3 is 0 Å². The van der Waals surface area contributed by atoms with E-state index in [-0.39, 0.29) is 12.0 Å². The van der Waals surface area contributed by atoms with Crippen LogP contribution in [0.2, 0.25) is 0 Å². The Morgan fingerprint density at radius 2 is 1.61 bits per heavy atom. The normalized spacial score (nSPS) is 18.9. The Morgan fingerprint density at radius 1 is 1.06 bits per heavy atom. The van der Waals surface area contributed by atoms with Crippen LogP contribution in [-0.4, -0.2) is 0 Å². The molecule has 1 aromatic carbocycles. The van der Waals surface area contributed by atoms with Crippen LogP contribution in [0.25, 0.3) is 0 Å². The quantitative estimate of drug-likeness (QED) is 0.496. The predicted molar refractivity (Wildman–Crippen MR) is 63.0 cm³/mol. The van der Waals surface area contributed by atoms with Crippen molar-refractivity contribution >= 4 is 0 Å². The van der Waals surface area contributed by atoms with Gasteiger partial charge in [0.15, 0.2) is 17.5 Å². The fourth-order valence-electron chi connectivity index (χ4n) is 2.73. The zero-order valence-corrected chi connectivity index (χ0v) is 10.1. The SMILES string of the molecule is NNC(c1cc(F)c(F)c(F)c1)C1CCCCC1. The van der Waals surface area contributed by atoms with Crippen molar-refractivity contribution in [2.45, 2.75) is 38.1 Å². The first-order valence-corrected chi connectivity index (χ1v) is 6.24. The molecule has 1 saturated carbocycles. The third-order valence-corrected chi connectivity index (χ3v) is 3.67. The number of nitrogens with two attached hydrogens (primary N) is 1. The first kappa shape index (κ1) is 13.4. The summed E-state index contributed by atoms with van der Waals surface area (Å²) in [5.41, 5.74) is 2.98. The lowest BCUT2D eigenvalue weighted by molar-refractivity contribution is 0.272. The summed E-state index contributed by atoms with van der Waals surface area (Å²) in [5.74, 6) is 1.97. The van der Waals surface area contributed by atoms with Gasteiger partial charge in [0.1, 0.15) is 0 Å². The summed E-state index contributed by atoms with van der Waals surface area (Å²) in [7, 11) is 0. The van der Waals surface area contributed by atoms with Crippen molar-refractivity contribution in [1.29, 1.82) is 0 Å². The molecule has 0 amide bonds. The highest BCUT2D eigenvalue weighted by Gasteiger charge is 2.26. The maximum Gasteiger partial charge on any atom is 0.194 e. The van der Waals surface area contributed by atoms with Crippen LogP contribution in [0.5, 0.6) is 0 Å². The molecule has 5 heteroatoms. The molecule has 0 aromatic heterocycles. The van der Waals surface area contributed by atoms with Gasteiger partial charge >= 0.3 is 0 Å². The van der Waals surface area contributed by atoms with Crippen LogP contribution < -0.4 is 11.3 Å². The maximum absolute atomic E-state index is 13.2.